The zero-order valence-corrected chi connectivity index (χ0v) is 11.7. The minimum Gasteiger partial charge on any atom is -0.308 e. The van der Waals surface area contributed by atoms with Crippen LogP contribution < -0.4 is 5.32 Å². The topological polar surface area (TPSA) is 29.9 Å². The molecule has 19 heavy (non-hydrogen) atoms. The van der Waals surface area contributed by atoms with Gasteiger partial charge in [0.05, 0.1) is 12.2 Å². The van der Waals surface area contributed by atoms with Gasteiger partial charge in [-0.2, -0.15) is 18.3 Å². The Morgan fingerprint density at radius 1 is 1.37 bits per heavy atom. The van der Waals surface area contributed by atoms with Crippen LogP contribution in [0.2, 0.25) is 0 Å². The van der Waals surface area contributed by atoms with Gasteiger partial charge in [0.2, 0.25) is 0 Å². The standard InChI is InChI=1S/C13H22F3N3/c1-4-11(3)19-6-5-12(18-19)7-10(2)8-17-9-13(14,15)16/h5-6,10-11,17H,4,7-9H2,1-3H3. The molecule has 0 aromatic carbocycles. The van der Waals surface area contributed by atoms with Crippen molar-refractivity contribution in [2.24, 2.45) is 5.92 Å². The van der Waals surface area contributed by atoms with Crippen molar-refractivity contribution >= 4 is 0 Å². The van der Waals surface area contributed by atoms with Crippen molar-refractivity contribution in [3.05, 3.63) is 18.0 Å². The molecule has 6 heteroatoms. The fourth-order valence-electron chi connectivity index (χ4n) is 1.81. The van der Waals surface area contributed by atoms with E-state index in [1.54, 1.807) is 0 Å². The third-order valence-electron chi connectivity index (χ3n) is 3.08. The van der Waals surface area contributed by atoms with Crippen molar-refractivity contribution in [2.75, 3.05) is 13.1 Å². The van der Waals surface area contributed by atoms with Gasteiger partial charge in [-0.25, -0.2) is 0 Å². The summed E-state index contributed by atoms with van der Waals surface area (Å²) in [5, 5.41) is 6.87. The fourth-order valence-corrected chi connectivity index (χ4v) is 1.81. The molecule has 0 saturated carbocycles. The highest BCUT2D eigenvalue weighted by molar-refractivity contribution is 5.00. The maximum Gasteiger partial charge on any atom is 0.401 e. The molecule has 0 fully saturated rings. The number of nitrogens with one attached hydrogen (secondary N) is 1. The number of rotatable bonds is 7. The van der Waals surface area contributed by atoms with E-state index in [1.165, 1.54) is 0 Å². The number of aromatic nitrogens is 2. The molecule has 0 saturated heterocycles. The monoisotopic (exact) mass is 277 g/mol. The summed E-state index contributed by atoms with van der Waals surface area (Å²) in [6.45, 7) is 5.51. The smallest absolute Gasteiger partial charge is 0.308 e. The Bertz CT molecular complexity index is 373. The van der Waals surface area contributed by atoms with Crippen LogP contribution in [0.4, 0.5) is 13.2 Å². The van der Waals surface area contributed by atoms with Crippen molar-refractivity contribution in [1.29, 1.82) is 0 Å². The minimum absolute atomic E-state index is 0.127. The van der Waals surface area contributed by atoms with Crippen LogP contribution in [0.1, 0.15) is 38.9 Å². The third-order valence-corrected chi connectivity index (χ3v) is 3.08. The summed E-state index contributed by atoms with van der Waals surface area (Å²) >= 11 is 0. The highest BCUT2D eigenvalue weighted by Gasteiger charge is 2.26. The molecule has 0 spiro atoms. The largest absolute Gasteiger partial charge is 0.401 e. The maximum absolute atomic E-state index is 12.0. The Hall–Kier alpha value is -1.04. The lowest BCUT2D eigenvalue weighted by molar-refractivity contribution is -0.125. The summed E-state index contributed by atoms with van der Waals surface area (Å²) in [6, 6.07) is 2.29. The summed E-state index contributed by atoms with van der Waals surface area (Å²) in [6.07, 6.45) is -0.519. The molecule has 0 aliphatic heterocycles. The van der Waals surface area contributed by atoms with Crippen molar-refractivity contribution < 1.29 is 13.2 Å². The molecule has 1 rings (SSSR count). The second-order valence-corrected chi connectivity index (χ2v) is 5.10. The fraction of sp³-hybridized carbons (Fsp3) is 0.769. The average Bonchev–Trinajstić information content (AvgIpc) is 2.74. The van der Waals surface area contributed by atoms with E-state index in [4.69, 9.17) is 0 Å². The van der Waals surface area contributed by atoms with Crippen LogP contribution in [0.15, 0.2) is 12.3 Å². The van der Waals surface area contributed by atoms with E-state index in [0.29, 0.717) is 19.0 Å². The van der Waals surface area contributed by atoms with E-state index < -0.39 is 12.7 Å². The number of alkyl halides is 3. The van der Waals surface area contributed by atoms with Gasteiger partial charge in [-0.3, -0.25) is 4.68 Å². The molecular formula is C13H22F3N3. The second kappa shape index (κ2) is 6.93. The van der Waals surface area contributed by atoms with Crippen LogP contribution in [0.25, 0.3) is 0 Å². The third kappa shape index (κ3) is 6.09. The van der Waals surface area contributed by atoms with Crippen molar-refractivity contribution in [2.45, 2.75) is 45.8 Å². The van der Waals surface area contributed by atoms with Gasteiger partial charge in [0.15, 0.2) is 0 Å². The first-order valence-electron chi connectivity index (χ1n) is 6.63. The van der Waals surface area contributed by atoms with Gasteiger partial charge in [0.1, 0.15) is 0 Å². The van der Waals surface area contributed by atoms with Gasteiger partial charge in [0.25, 0.3) is 0 Å². The van der Waals surface area contributed by atoms with Gasteiger partial charge < -0.3 is 5.32 Å². The van der Waals surface area contributed by atoms with Crippen LogP contribution in [0.3, 0.4) is 0 Å². The summed E-state index contributed by atoms with van der Waals surface area (Å²) in [5.74, 6) is 0.127. The lowest BCUT2D eigenvalue weighted by Crippen LogP contribution is -2.32. The Balaban J connectivity index is 2.36. The average molecular weight is 277 g/mol. The predicted molar refractivity (Wildman–Crippen MR) is 69.0 cm³/mol. The molecule has 1 N–H and O–H groups in total. The van der Waals surface area contributed by atoms with Crippen LogP contribution in [-0.2, 0) is 6.42 Å². The summed E-state index contributed by atoms with van der Waals surface area (Å²) in [7, 11) is 0. The molecule has 110 valence electrons. The first-order chi connectivity index (χ1) is 8.81. The Kier molecular flexibility index (Phi) is 5.85. The van der Waals surface area contributed by atoms with E-state index in [9.17, 15) is 13.2 Å². The first-order valence-corrected chi connectivity index (χ1v) is 6.63. The number of hydrogen-bond donors (Lipinski definition) is 1. The van der Waals surface area contributed by atoms with Crippen molar-refractivity contribution in [1.82, 2.24) is 15.1 Å². The second-order valence-electron chi connectivity index (χ2n) is 5.10. The predicted octanol–water partition coefficient (Wildman–Crippen LogP) is 3.18. The quantitative estimate of drug-likeness (QED) is 0.829. The van der Waals surface area contributed by atoms with Gasteiger partial charge >= 0.3 is 6.18 Å². The van der Waals surface area contributed by atoms with E-state index in [1.807, 2.05) is 23.9 Å². The summed E-state index contributed by atoms with van der Waals surface area (Å²) < 4.78 is 37.9. The zero-order chi connectivity index (χ0) is 14.5. The van der Waals surface area contributed by atoms with E-state index >= 15 is 0 Å². The van der Waals surface area contributed by atoms with Crippen LogP contribution >= 0.6 is 0 Å². The van der Waals surface area contributed by atoms with Gasteiger partial charge in [-0.15, -0.1) is 0 Å². The lowest BCUT2D eigenvalue weighted by atomic mass is 10.1. The molecule has 2 atom stereocenters. The molecule has 3 nitrogen and oxygen atoms in total. The normalized spacial score (nSPS) is 15.5. The van der Waals surface area contributed by atoms with Crippen molar-refractivity contribution in [3.63, 3.8) is 0 Å². The summed E-state index contributed by atoms with van der Waals surface area (Å²) in [5.41, 5.74) is 0.932. The van der Waals surface area contributed by atoms with Gasteiger partial charge in [0, 0.05) is 12.2 Å². The van der Waals surface area contributed by atoms with E-state index in [-0.39, 0.29) is 5.92 Å². The Labute approximate surface area is 112 Å². The Morgan fingerprint density at radius 3 is 2.63 bits per heavy atom. The SMILES string of the molecule is CCC(C)n1ccc(CC(C)CNCC(F)(F)F)n1. The maximum atomic E-state index is 12.0. The van der Waals surface area contributed by atoms with Gasteiger partial charge in [-0.1, -0.05) is 13.8 Å². The molecule has 0 bridgehead atoms. The Morgan fingerprint density at radius 2 is 2.05 bits per heavy atom. The van der Waals surface area contributed by atoms with E-state index in [2.05, 4.69) is 24.3 Å². The van der Waals surface area contributed by atoms with E-state index in [0.717, 1.165) is 12.1 Å². The molecule has 0 aliphatic rings. The highest BCUT2D eigenvalue weighted by atomic mass is 19.4. The highest BCUT2D eigenvalue weighted by Crippen LogP contribution is 2.14. The molecule has 0 aliphatic carbocycles. The molecule has 2 unspecified atom stereocenters. The molecule has 0 radical (unpaired) electrons. The first kappa shape index (κ1) is 16.0. The molecule has 0 amide bonds. The molecule has 1 aromatic rings. The molecule has 1 aromatic heterocycles. The minimum atomic E-state index is -4.14. The van der Waals surface area contributed by atoms with Crippen LogP contribution in [-0.4, -0.2) is 29.0 Å². The van der Waals surface area contributed by atoms with Gasteiger partial charge in [-0.05, 0) is 38.3 Å². The summed E-state index contributed by atoms with van der Waals surface area (Å²) in [4.78, 5) is 0. The lowest BCUT2D eigenvalue weighted by Gasteiger charge is -2.13. The molecule has 1 heterocycles. The number of nitrogens with zero attached hydrogens (tertiary/aromatic N) is 2. The van der Waals surface area contributed by atoms with Crippen LogP contribution in [0.5, 0.6) is 0 Å². The van der Waals surface area contributed by atoms with Crippen molar-refractivity contribution in [3.8, 4) is 0 Å². The number of hydrogen-bond acceptors (Lipinski definition) is 2. The number of halogens is 3. The molecular weight excluding hydrogens is 255 g/mol. The zero-order valence-electron chi connectivity index (χ0n) is 11.7. The van der Waals surface area contributed by atoms with Crippen LogP contribution in [0, 0.1) is 5.92 Å².